The fraction of sp³-hybridized carbons (Fsp3) is 0.429. The molecule has 1 atom stereocenters. The number of fused-ring (bicyclic) bond motifs is 2. The number of hydrogen-bond acceptors (Lipinski definition) is 9. The number of benzene rings is 2. The van der Waals surface area contributed by atoms with Gasteiger partial charge in [-0.2, -0.15) is 0 Å². The first-order valence-corrected chi connectivity index (χ1v) is 16.8. The maximum absolute atomic E-state index is 16.1. The summed E-state index contributed by atoms with van der Waals surface area (Å²) in [4.78, 5) is 33.5. The van der Waals surface area contributed by atoms with Crippen LogP contribution < -0.4 is 26.0 Å². The second-order valence-electron chi connectivity index (χ2n) is 13.4. The number of nitrogens with one attached hydrogen (secondary N) is 1. The van der Waals surface area contributed by atoms with Crippen molar-refractivity contribution in [2.24, 2.45) is 0 Å². The Kier molecular flexibility index (Phi) is 7.74. The van der Waals surface area contributed by atoms with Crippen LogP contribution in [0.5, 0.6) is 0 Å². The predicted molar refractivity (Wildman–Crippen MR) is 182 cm³/mol. The molecule has 1 aliphatic carbocycles. The van der Waals surface area contributed by atoms with Gasteiger partial charge >= 0.3 is 0 Å². The zero-order valence-electron chi connectivity index (χ0n) is 27.6. The largest absolute Gasteiger partial charge is 0.416 e. The molecule has 49 heavy (non-hydrogen) atoms. The van der Waals surface area contributed by atoms with Crippen molar-refractivity contribution < 1.29 is 17.6 Å². The van der Waals surface area contributed by atoms with Gasteiger partial charge in [0.05, 0.1) is 22.1 Å². The van der Waals surface area contributed by atoms with Crippen molar-refractivity contribution in [3.63, 3.8) is 0 Å². The van der Waals surface area contributed by atoms with E-state index in [1.807, 2.05) is 23.4 Å². The molecule has 0 spiro atoms. The Balaban J connectivity index is 1.21. The summed E-state index contributed by atoms with van der Waals surface area (Å²) in [6.07, 6.45) is 4.90. The second kappa shape index (κ2) is 12.0. The number of nitrogens with zero attached hydrogens (tertiary/aromatic N) is 7. The number of aryl methyl sites for hydroxylation is 1. The van der Waals surface area contributed by atoms with Crippen LogP contribution in [0.4, 0.5) is 24.5 Å². The molecule has 5 heterocycles. The minimum atomic E-state index is -0.831. The summed E-state index contributed by atoms with van der Waals surface area (Å²) in [6.45, 7) is 8.39. The number of hydrogen-bond donors (Lipinski definition) is 1. The number of aromatic nitrogens is 4. The zero-order valence-corrected chi connectivity index (χ0v) is 27.6. The Labute approximate surface area is 279 Å². The third kappa shape index (κ3) is 5.37. The predicted octanol–water partition coefficient (Wildman–Crippen LogP) is 4.36. The van der Waals surface area contributed by atoms with Gasteiger partial charge in [0, 0.05) is 82.2 Å². The molecule has 2 aliphatic heterocycles. The summed E-state index contributed by atoms with van der Waals surface area (Å²) >= 11 is 0. The molecule has 1 saturated carbocycles. The van der Waals surface area contributed by atoms with Crippen molar-refractivity contribution in [2.45, 2.75) is 45.3 Å². The molecular formula is C35H37F3N8O3. The van der Waals surface area contributed by atoms with Crippen LogP contribution in [0.25, 0.3) is 44.7 Å². The number of anilines is 2. The van der Waals surface area contributed by atoms with Gasteiger partial charge in [0.15, 0.2) is 5.82 Å². The summed E-state index contributed by atoms with van der Waals surface area (Å²) in [5.74, 6) is -2.45. The van der Waals surface area contributed by atoms with Crippen LogP contribution in [0.1, 0.15) is 32.7 Å². The molecule has 1 N–H and O–H groups in total. The topological polar surface area (TPSA) is 105 Å². The van der Waals surface area contributed by atoms with Crippen molar-refractivity contribution in [1.29, 1.82) is 0 Å². The third-order valence-corrected chi connectivity index (χ3v) is 10.0. The highest BCUT2D eigenvalue weighted by Gasteiger charge is 2.30. The van der Waals surface area contributed by atoms with Crippen LogP contribution in [0, 0.1) is 17.5 Å². The number of halogens is 3. The van der Waals surface area contributed by atoms with Gasteiger partial charge in [-0.25, -0.2) is 13.2 Å². The standard InChI is InChI=1S/C35H37F3N8O3/c1-4-43-17-23(33(48)22-14-26(37)31(29(38)30(22)43)45-8-7-39-19(2)16-45)34-40-41-35(49-34)24-18-46(20-5-6-20)27-15-28(25(36)13-21(27)32(24)47)44-11-9-42(3)10-12-44/h13-15,17-20,39H,4-12,16H2,1-3H3. The van der Waals surface area contributed by atoms with Crippen LogP contribution >= 0.6 is 0 Å². The lowest BCUT2D eigenvalue weighted by Crippen LogP contribution is -2.49. The van der Waals surface area contributed by atoms with Crippen molar-refractivity contribution in [3.8, 4) is 22.9 Å². The molecule has 11 nitrogen and oxygen atoms in total. The first-order valence-electron chi connectivity index (χ1n) is 16.8. The first kappa shape index (κ1) is 31.6. The van der Waals surface area contributed by atoms with Gasteiger partial charge in [0.1, 0.15) is 28.4 Å². The van der Waals surface area contributed by atoms with Gasteiger partial charge in [-0.3, -0.25) is 9.59 Å². The average molecular weight is 675 g/mol. The van der Waals surface area contributed by atoms with Crippen molar-refractivity contribution in [1.82, 2.24) is 29.5 Å². The molecule has 1 unspecified atom stereocenters. The van der Waals surface area contributed by atoms with E-state index in [0.29, 0.717) is 43.9 Å². The smallest absolute Gasteiger partial charge is 0.253 e. The zero-order chi connectivity index (χ0) is 34.1. The van der Waals surface area contributed by atoms with Crippen LogP contribution in [-0.2, 0) is 6.54 Å². The Morgan fingerprint density at radius 3 is 2.22 bits per heavy atom. The third-order valence-electron chi connectivity index (χ3n) is 10.0. The molecule has 256 valence electrons. The Hall–Kier alpha value is -4.69. The quantitative estimate of drug-likeness (QED) is 0.282. The van der Waals surface area contributed by atoms with Gasteiger partial charge < -0.3 is 33.6 Å². The monoisotopic (exact) mass is 674 g/mol. The summed E-state index contributed by atoms with van der Waals surface area (Å²) in [7, 11) is 2.03. The molecule has 5 aromatic rings. The van der Waals surface area contributed by atoms with Crippen LogP contribution in [0.2, 0.25) is 0 Å². The molecule has 0 amide bonds. The van der Waals surface area contributed by atoms with Gasteiger partial charge in [0.25, 0.3) is 11.8 Å². The lowest BCUT2D eigenvalue weighted by molar-refractivity contribution is 0.312. The van der Waals surface area contributed by atoms with Crippen LogP contribution in [0.15, 0.2) is 44.6 Å². The summed E-state index contributed by atoms with van der Waals surface area (Å²) in [5.41, 5.74) is -0.215. The summed E-state index contributed by atoms with van der Waals surface area (Å²) in [5, 5.41) is 11.5. The highest BCUT2D eigenvalue weighted by molar-refractivity contribution is 5.88. The van der Waals surface area contributed by atoms with E-state index in [9.17, 15) is 9.59 Å². The van der Waals surface area contributed by atoms with Gasteiger partial charge in [0.2, 0.25) is 10.9 Å². The Morgan fingerprint density at radius 2 is 1.55 bits per heavy atom. The van der Waals surface area contributed by atoms with Gasteiger partial charge in [-0.05, 0) is 51.9 Å². The minimum absolute atomic E-state index is 0.0154. The molecular weight excluding hydrogens is 637 g/mol. The number of likely N-dealkylation sites (N-methyl/N-ethyl adjacent to an activating group) is 1. The van der Waals surface area contributed by atoms with E-state index in [4.69, 9.17) is 4.42 Å². The van der Waals surface area contributed by atoms with E-state index in [1.54, 1.807) is 24.1 Å². The molecule has 3 fully saturated rings. The lowest BCUT2D eigenvalue weighted by atomic mass is 10.1. The van der Waals surface area contributed by atoms with Crippen molar-refractivity contribution in [3.05, 3.63) is 68.5 Å². The van der Waals surface area contributed by atoms with E-state index < -0.39 is 28.3 Å². The molecule has 3 aliphatic rings. The highest BCUT2D eigenvalue weighted by atomic mass is 19.1. The van der Waals surface area contributed by atoms with Crippen LogP contribution in [0.3, 0.4) is 0 Å². The highest BCUT2D eigenvalue weighted by Crippen LogP contribution is 2.39. The summed E-state index contributed by atoms with van der Waals surface area (Å²) < 4.78 is 56.7. The van der Waals surface area contributed by atoms with Crippen LogP contribution in [-0.4, -0.2) is 83.1 Å². The molecule has 14 heteroatoms. The molecule has 3 aromatic heterocycles. The number of pyridine rings is 2. The maximum Gasteiger partial charge on any atom is 0.253 e. The lowest BCUT2D eigenvalue weighted by Gasteiger charge is -2.34. The molecule has 2 saturated heterocycles. The molecule has 0 radical (unpaired) electrons. The summed E-state index contributed by atoms with van der Waals surface area (Å²) in [6, 6.07) is 4.28. The van der Waals surface area contributed by atoms with E-state index in [1.165, 1.54) is 16.8 Å². The van der Waals surface area contributed by atoms with Gasteiger partial charge in [-0.1, -0.05) is 0 Å². The molecule has 0 bridgehead atoms. The number of rotatable bonds is 6. The Bertz CT molecular complexity index is 2240. The molecule has 2 aromatic carbocycles. The fourth-order valence-corrected chi connectivity index (χ4v) is 7.20. The molecule has 8 rings (SSSR count). The van der Waals surface area contributed by atoms with Crippen molar-refractivity contribution in [2.75, 3.05) is 62.7 Å². The average Bonchev–Trinajstić information content (AvgIpc) is 3.82. The van der Waals surface area contributed by atoms with E-state index in [2.05, 4.69) is 20.4 Å². The minimum Gasteiger partial charge on any atom is -0.416 e. The second-order valence-corrected chi connectivity index (χ2v) is 13.4. The van der Waals surface area contributed by atoms with E-state index in [0.717, 1.165) is 32.0 Å². The van der Waals surface area contributed by atoms with E-state index in [-0.39, 0.29) is 63.5 Å². The Morgan fingerprint density at radius 1 is 0.878 bits per heavy atom. The number of piperazine rings is 2. The van der Waals surface area contributed by atoms with Gasteiger partial charge in [-0.15, -0.1) is 10.2 Å². The maximum atomic E-state index is 16.1. The van der Waals surface area contributed by atoms with E-state index >= 15 is 13.2 Å². The van der Waals surface area contributed by atoms with Crippen molar-refractivity contribution >= 4 is 33.2 Å². The normalized spacial score (nSPS) is 19.0. The fourth-order valence-electron chi connectivity index (χ4n) is 7.20. The SMILES string of the molecule is CCn1cc(-c2nnc(-c3cn(C4CC4)c4cc(N5CCN(C)CC5)c(F)cc4c3=O)o2)c(=O)c2cc(F)c(N3CCNC(C)C3)c(F)c21. The first-order chi connectivity index (χ1) is 23.6.